The first-order valence-electron chi connectivity index (χ1n) is 5.21. The molecule has 17 heavy (non-hydrogen) atoms. The van der Waals surface area contributed by atoms with E-state index in [1.165, 1.54) is 6.92 Å². The highest BCUT2D eigenvalue weighted by Gasteiger charge is 2.27. The Hall–Kier alpha value is -1.92. The second-order valence-corrected chi connectivity index (χ2v) is 3.74. The Kier molecular flexibility index (Phi) is 4.62. The van der Waals surface area contributed by atoms with Crippen molar-refractivity contribution in [2.45, 2.75) is 25.8 Å². The van der Waals surface area contributed by atoms with E-state index >= 15 is 0 Å². The maximum atomic E-state index is 11.4. The third kappa shape index (κ3) is 4.62. The van der Waals surface area contributed by atoms with Crippen LogP contribution in [0, 0.1) is 0 Å². The molecular formula is C10H14N2O5. The van der Waals surface area contributed by atoms with E-state index in [1.807, 2.05) is 0 Å². The van der Waals surface area contributed by atoms with Gasteiger partial charge in [-0.1, -0.05) is 0 Å². The fraction of sp³-hybridized carbons (Fsp3) is 0.600. The molecule has 1 unspecified atom stereocenters. The lowest BCUT2D eigenvalue weighted by Gasteiger charge is -2.10. The topological polar surface area (TPSA) is 102 Å². The van der Waals surface area contributed by atoms with Gasteiger partial charge in [-0.25, -0.2) is 0 Å². The molecule has 0 saturated carbocycles. The number of hydrogen-bond acceptors (Lipinski definition) is 5. The molecular weight excluding hydrogens is 228 g/mol. The van der Waals surface area contributed by atoms with Gasteiger partial charge in [0.1, 0.15) is 19.2 Å². The number of ketones is 1. The second kappa shape index (κ2) is 5.97. The molecule has 1 atom stereocenters. The van der Waals surface area contributed by atoms with E-state index in [0.29, 0.717) is 12.8 Å². The Bertz CT molecular complexity index is 353. The SMILES string of the molecule is CC(=O)COC(=O)CNC(=O)C1CCC(=O)N1. The van der Waals surface area contributed by atoms with E-state index in [4.69, 9.17) is 0 Å². The number of amides is 2. The minimum Gasteiger partial charge on any atom is -0.456 e. The van der Waals surface area contributed by atoms with Crippen LogP contribution in [0.5, 0.6) is 0 Å². The summed E-state index contributed by atoms with van der Waals surface area (Å²) in [7, 11) is 0. The Balaban J connectivity index is 2.21. The third-order valence-electron chi connectivity index (χ3n) is 2.16. The van der Waals surface area contributed by atoms with Crippen molar-refractivity contribution in [1.29, 1.82) is 0 Å². The maximum absolute atomic E-state index is 11.4. The average Bonchev–Trinajstić information content (AvgIpc) is 2.70. The summed E-state index contributed by atoms with van der Waals surface area (Å²) in [4.78, 5) is 43.9. The Morgan fingerprint density at radius 2 is 2.18 bits per heavy atom. The molecule has 0 aromatic heterocycles. The van der Waals surface area contributed by atoms with Crippen LogP contribution in [0.4, 0.5) is 0 Å². The number of hydrogen-bond donors (Lipinski definition) is 2. The standard InChI is InChI=1S/C10H14N2O5/c1-6(13)5-17-9(15)4-11-10(16)7-2-3-8(14)12-7/h7H,2-5H2,1H3,(H,11,16)(H,12,14). The van der Waals surface area contributed by atoms with Gasteiger partial charge >= 0.3 is 5.97 Å². The molecule has 1 rings (SSSR count). The van der Waals surface area contributed by atoms with E-state index in [9.17, 15) is 19.2 Å². The molecule has 0 radical (unpaired) electrons. The molecule has 1 fully saturated rings. The van der Waals surface area contributed by atoms with Gasteiger partial charge in [-0.3, -0.25) is 19.2 Å². The molecule has 0 aromatic carbocycles. The van der Waals surface area contributed by atoms with Crippen LogP contribution >= 0.6 is 0 Å². The van der Waals surface area contributed by atoms with Crippen LogP contribution in [0.2, 0.25) is 0 Å². The summed E-state index contributed by atoms with van der Waals surface area (Å²) in [6.07, 6.45) is 0.736. The molecule has 7 heteroatoms. The molecule has 1 saturated heterocycles. The fourth-order valence-corrected chi connectivity index (χ4v) is 1.33. The number of esters is 1. The highest BCUT2D eigenvalue weighted by molar-refractivity contribution is 5.92. The smallest absolute Gasteiger partial charge is 0.325 e. The third-order valence-corrected chi connectivity index (χ3v) is 2.16. The van der Waals surface area contributed by atoms with Crippen molar-refractivity contribution in [1.82, 2.24) is 10.6 Å². The van der Waals surface area contributed by atoms with E-state index in [0.717, 1.165) is 0 Å². The number of carbonyl (C=O) groups excluding carboxylic acids is 4. The van der Waals surface area contributed by atoms with Crippen molar-refractivity contribution >= 4 is 23.6 Å². The zero-order valence-electron chi connectivity index (χ0n) is 9.45. The quantitative estimate of drug-likeness (QED) is 0.572. The van der Waals surface area contributed by atoms with Crippen molar-refractivity contribution in [3.63, 3.8) is 0 Å². The van der Waals surface area contributed by atoms with E-state index in [1.54, 1.807) is 0 Å². The van der Waals surface area contributed by atoms with Crippen molar-refractivity contribution in [2.24, 2.45) is 0 Å². The van der Waals surface area contributed by atoms with Crippen LogP contribution < -0.4 is 10.6 Å². The monoisotopic (exact) mass is 242 g/mol. The first-order chi connectivity index (χ1) is 7.99. The molecule has 1 aliphatic rings. The Morgan fingerprint density at radius 3 is 2.71 bits per heavy atom. The van der Waals surface area contributed by atoms with E-state index in [-0.39, 0.29) is 24.8 Å². The van der Waals surface area contributed by atoms with Gasteiger partial charge in [-0.15, -0.1) is 0 Å². The molecule has 2 N–H and O–H groups in total. The number of Topliss-reactive ketones (excluding diaryl/α,β-unsaturated/α-hetero) is 1. The van der Waals surface area contributed by atoms with E-state index in [2.05, 4.69) is 15.4 Å². The molecule has 1 heterocycles. The van der Waals surface area contributed by atoms with Crippen LogP contribution in [0.1, 0.15) is 19.8 Å². The van der Waals surface area contributed by atoms with Gasteiger partial charge in [0.25, 0.3) is 0 Å². The van der Waals surface area contributed by atoms with Crippen molar-refractivity contribution in [3.05, 3.63) is 0 Å². The molecule has 0 aliphatic carbocycles. The second-order valence-electron chi connectivity index (χ2n) is 3.74. The van der Waals surface area contributed by atoms with Gasteiger partial charge < -0.3 is 15.4 Å². The predicted molar refractivity (Wildman–Crippen MR) is 55.8 cm³/mol. The molecule has 7 nitrogen and oxygen atoms in total. The molecule has 0 spiro atoms. The van der Waals surface area contributed by atoms with Crippen LogP contribution in [0.3, 0.4) is 0 Å². The van der Waals surface area contributed by atoms with Gasteiger partial charge in [-0.05, 0) is 13.3 Å². The lowest BCUT2D eigenvalue weighted by Crippen LogP contribution is -2.43. The van der Waals surface area contributed by atoms with Gasteiger partial charge in [0, 0.05) is 6.42 Å². The van der Waals surface area contributed by atoms with Gasteiger partial charge in [0.2, 0.25) is 11.8 Å². The van der Waals surface area contributed by atoms with Crippen molar-refractivity contribution in [3.8, 4) is 0 Å². The highest BCUT2D eigenvalue weighted by atomic mass is 16.5. The summed E-state index contributed by atoms with van der Waals surface area (Å²) in [5.74, 6) is -1.55. The molecule has 2 amide bonds. The number of nitrogens with one attached hydrogen (secondary N) is 2. The van der Waals surface area contributed by atoms with Crippen LogP contribution in [0.15, 0.2) is 0 Å². The summed E-state index contributed by atoms with van der Waals surface area (Å²) in [6, 6.07) is -0.580. The summed E-state index contributed by atoms with van der Waals surface area (Å²) in [5, 5.41) is 4.80. The van der Waals surface area contributed by atoms with Crippen LogP contribution in [-0.2, 0) is 23.9 Å². The van der Waals surface area contributed by atoms with Crippen molar-refractivity contribution in [2.75, 3.05) is 13.2 Å². The maximum Gasteiger partial charge on any atom is 0.325 e. The van der Waals surface area contributed by atoms with E-state index < -0.39 is 17.9 Å². The zero-order chi connectivity index (χ0) is 12.8. The van der Waals surface area contributed by atoms with Gasteiger partial charge in [0.15, 0.2) is 5.78 Å². The number of ether oxygens (including phenoxy) is 1. The summed E-state index contributed by atoms with van der Waals surface area (Å²) >= 11 is 0. The zero-order valence-corrected chi connectivity index (χ0v) is 9.45. The first kappa shape index (κ1) is 13.1. The number of rotatable bonds is 5. The number of carbonyl (C=O) groups is 4. The average molecular weight is 242 g/mol. The lowest BCUT2D eigenvalue weighted by atomic mass is 10.2. The minimum absolute atomic E-state index is 0.177. The largest absolute Gasteiger partial charge is 0.456 e. The van der Waals surface area contributed by atoms with Gasteiger partial charge in [0.05, 0.1) is 0 Å². The fourth-order valence-electron chi connectivity index (χ4n) is 1.33. The summed E-state index contributed by atoms with van der Waals surface area (Å²) in [5.41, 5.74) is 0. The normalized spacial score (nSPS) is 18.4. The van der Waals surface area contributed by atoms with Crippen LogP contribution in [-0.4, -0.2) is 42.8 Å². The molecule has 0 aromatic rings. The molecule has 0 bridgehead atoms. The van der Waals surface area contributed by atoms with Gasteiger partial charge in [-0.2, -0.15) is 0 Å². The first-order valence-corrected chi connectivity index (χ1v) is 5.21. The molecule has 1 aliphatic heterocycles. The Labute approximate surface area is 97.9 Å². The Morgan fingerprint density at radius 1 is 1.47 bits per heavy atom. The summed E-state index contributed by atoms with van der Waals surface area (Å²) < 4.78 is 4.55. The lowest BCUT2D eigenvalue weighted by molar-refractivity contribution is -0.147. The van der Waals surface area contributed by atoms with Crippen molar-refractivity contribution < 1.29 is 23.9 Å². The highest BCUT2D eigenvalue weighted by Crippen LogP contribution is 2.05. The molecule has 94 valence electrons. The predicted octanol–water partition coefficient (Wildman–Crippen LogP) is -1.49. The minimum atomic E-state index is -0.683. The van der Waals surface area contributed by atoms with Crippen LogP contribution in [0.25, 0.3) is 0 Å². The summed E-state index contributed by atoms with van der Waals surface area (Å²) in [6.45, 7) is 0.688.